The maximum Gasteiger partial charge on any atom is 0.416 e. The first-order valence-electron chi connectivity index (χ1n) is 21.8. The Hall–Kier alpha value is -7.43. The average molecular weight is 1180 g/mol. The maximum atomic E-state index is 14.2. The highest BCUT2D eigenvalue weighted by molar-refractivity contribution is 8.01. The van der Waals surface area contributed by atoms with Gasteiger partial charge in [-0.15, -0.1) is 4.21 Å². The van der Waals surface area contributed by atoms with E-state index in [1.165, 1.54) is 6.08 Å². The molecule has 0 aliphatic carbocycles. The van der Waals surface area contributed by atoms with Crippen LogP contribution in [0, 0.1) is 22.7 Å². The SMILES string of the molecule is FC(F)(F)c1cc([B-](c2cc(C(F)(F)F)cc(C(F)(F)F)c2)(c2cc(C(F)(F)F)cc(C(F)(F)F)c2)c2cc(C(F)(F)F)cc(C(F)(F)F)c2)cc(C(F)(F)F)c1.N#CC(C#N)=CC[S+](=O)(Cc1ccccc1)Cc1ccccc1. The number of hydrogen-bond acceptors (Lipinski definition) is 3. The van der Waals surface area contributed by atoms with Crippen molar-refractivity contribution in [1.29, 1.82) is 10.5 Å². The fourth-order valence-corrected chi connectivity index (χ4v) is 10.8. The predicted molar refractivity (Wildman–Crippen MR) is 243 cm³/mol. The molecule has 80 heavy (non-hydrogen) atoms. The van der Waals surface area contributed by atoms with Gasteiger partial charge in [-0.25, -0.2) is 0 Å². The quantitative estimate of drug-likeness (QED) is 0.0594. The van der Waals surface area contributed by atoms with Gasteiger partial charge in [-0.1, -0.05) is 109 Å². The third-order valence-corrected chi connectivity index (χ3v) is 14.3. The van der Waals surface area contributed by atoms with Crippen LogP contribution >= 0.6 is 0 Å². The smallest absolute Gasteiger partial charge is 0.194 e. The van der Waals surface area contributed by atoms with E-state index in [1.54, 1.807) is 0 Å². The summed E-state index contributed by atoms with van der Waals surface area (Å²) in [6.45, 7) is 0. The number of nitriles is 2. The molecule has 6 rings (SSSR count). The summed E-state index contributed by atoms with van der Waals surface area (Å²) in [6, 6.07) is 14.2. The number of halogens is 24. The zero-order valence-corrected chi connectivity index (χ0v) is 40.1. The first-order chi connectivity index (χ1) is 36.4. The Morgan fingerprint density at radius 3 is 0.738 bits per heavy atom. The number of hydrogen-bond donors (Lipinski definition) is 0. The van der Waals surface area contributed by atoms with Crippen LogP contribution in [0.2, 0.25) is 0 Å². The molecule has 0 fully saturated rings. The minimum Gasteiger partial charge on any atom is -0.194 e. The van der Waals surface area contributed by atoms with E-state index < -0.39 is 205 Å². The largest absolute Gasteiger partial charge is 0.416 e. The van der Waals surface area contributed by atoms with Crippen molar-refractivity contribution < 1.29 is 110 Å². The van der Waals surface area contributed by atoms with Gasteiger partial charge in [-0.3, -0.25) is 0 Å². The van der Waals surface area contributed by atoms with E-state index in [0.29, 0.717) is 11.5 Å². The minimum atomic E-state index is -6.13. The molecule has 0 bridgehead atoms. The molecule has 6 aromatic rings. The van der Waals surface area contributed by atoms with Crippen molar-refractivity contribution in [3.63, 3.8) is 0 Å². The molecule has 6 aromatic carbocycles. The van der Waals surface area contributed by atoms with Gasteiger partial charge in [0.05, 0.1) is 54.4 Å². The molecule has 0 radical (unpaired) electrons. The Kier molecular flexibility index (Phi) is 17.9. The molecule has 0 aromatic heterocycles. The molecular weight excluding hydrogens is 1160 g/mol. The zero-order valence-electron chi connectivity index (χ0n) is 39.3. The highest BCUT2D eigenvalue weighted by Gasteiger charge is 2.47. The van der Waals surface area contributed by atoms with Gasteiger partial charge in [0.15, 0.2) is 0 Å². The second-order valence-corrected chi connectivity index (χ2v) is 20.3. The van der Waals surface area contributed by atoms with E-state index in [4.69, 9.17) is 10.5 Å². The fourth-order valence-electron chi connectivity index (χ4n) is 8.35. The van der Waals surface area contributed by atoms with Crippen molar-refractivity contribution in [3.8, 4) is 12.1 Å². The molecule has 0 heterocycles. The number of benzene rings is 6. The Morgan fingerprint density at radius 2 is 0.562 bits per heavy atom. The number of alkyl halides is 24. The number of allylic oxidation sites excluding steroid dienone is 1. The fraction of sp³-hybridized carbons (Fsp3) is 0.216. The second-order valence-electron chi connectivity index (χ2n) is 17.5. The predicted octanol–water partition coefficient (Wildman–Crippen LogP) is 15.1. The van der Waals surface area contributed by atoms with Gasteiger partial charge in [0.1, 0.15) is 41.1 Å². The van der Waals surface area contributed by atoms with E-state index in [-0.39, 0.29) is 11.3 Å². The molecule has 3 nitrogen and oxygen atoms in total. The minimum absolute atomic E-state index is 0.0128. The molecule has 0 amide bonds. The Bertz CT molecular complexity index is 2860. The monoisotopic (exact) mass is 1180 g/mol. The van der Waals surface area contributed by atoms with Crippen LogP contribution in [-0.4, -0.2) is 11.9 Å². The summed E-state index contributed by atoms with van der Waals surface area (Å²) >= 11 is 0. The highest BCUT2D eigenvalue weighted by atomic mass is 32.2. The first-order valence-corrected chi connectivity index (χ1v) is 23.9. The van der Waals surface area contributed by atoms with Gasteiger partial charge in [0.2, 0.25) is 0 Å². The standard InChI is InChI=1S/C32H12BF24.C19H17N2OS/c34-25(35,36)13-1-14(26(37,38)39)6-21(5-13)33(22-7-15(27(40,41)42)2-16(8-22)28(43,44)45,23-9-17(29(46,47)48)3-18(10-23)30(49,50)51)24-11-19(31(52,53)54)4-20(12-24)32(55,56)57;20-13-19(14-21)11-12-23(22,15-17-7-3-1-4-8-17)16-18-9-5-2-6-10-18/h1-12H;1-11H,12,15-16H2/q-1;+1. The molecule has 0 aliphatic heterocycles. The van der Waals surface area contributed by atoms with Crippen LogP contribution in [0.4, 0.5) is 105 Å². The van der Waals surface area contributed by atoms with Crippen molar-refractivity contribution >= 4 is 37.9 Å². The molecule has 0 aliphatic rings. The van der Waals surface area contributed by atoms with E-state index in [1.807, 2.05) is 72.8 Å². The Labute approximate surface area is 436 Å². The summed E-state index contributed by atoms with van der Waals surface area (Å²) in [5.74, 6) is 1.10. The van der Waals surface area contributed by atoms with Crippen LogP contribution in [0.25, 0.3) is 0 Å². The lowest BCUT2D eigenvalue weighted by Crippen LogP contribution is -2.75. The van der Waals surface area contributed by atoms with Gasteiger partial charge in [0.25, 0.3) is 0 Å². The number of nitrogens with zero attached hydrogens (tertiary/aromatic N) is 2. The number of rotatable bonds is 10. The summed E-state index contributed by atoms with van der Waals surface area (Å²) < 4.78 is 354. The summed E-state index contributed by atoms with van der Waals surface area (Å²) in [5.41, 5.74) is -28.2. The molecular formula is C51H29BF24N2OS. The summed E-state index contributed by atoms with van der Waals surface area (Å²) in [5, 5.41) is 17.7. The van der Waals surface area contributed by atoms with Gasteiger partial charge in [-0.05, 0) is 30.3 Å². The maximum absolute atomic E-state index is 14.2. The van der Waals surface area contributed by atoms with Crippen LogP contribution in [0.15, 0.2) is 145 Å². The summed E-state index contributed by atoms with van der Waals surface area (Å²) in [7, 11) is -2.29. The average Bonchev–Trinajstić information content (AvgIpc) is 3.33. The third-order valence-electron chi connectivity index (χ3n) is 11.8. The van der Waals surface area contributed by atoms with E-state index >= 15 is 0 Å². The second kappa shape index (κ2) is 22.6. The van der Waals surface area contributed by atoms with Gasteiger partial charge in [0, 0.05) is 11.1 Å². The van der Waals surface area contributed by atoms with E-state index in [9.17, 15) is 110 Å². The lowest BCUT2D eigenvalue weighted by Gasteiger charge is -2.46. The third kappa shape index (κ3) is 15.5. The van der Waals surface area contributed by atoms with Crippen molar-refractivity contribution in [2.45, 2.75) is 60.9 Å². The molecule has 0 unspecified atom stereocenters. The van der Waals surface area contributed by atoms with Crippen LogP contribution in [0.1, 0.15) is 55.6 Å². The molecule has 0 spiro atoms. The lowest BCUT2D eigenvalue weighted by molar-refractivity contribution is -0.144. The molecule has 0 saturated heterocycles. The first kappa shape index (κ1) is 63.4. The Balaban J connectivity index is 0.000000424. The van der Waals surface area contributed by atoms with Gasteiger partial charge >= 0.3 is 49.4 Å². The van der Waals surface area contributed by atoms with Gasteiger partial charge < -0.3 is 0 Å². The van der Waals surface area contributed by atoms with Crippen LogP contribution in [-0.2, 0) is 75.1 Å². The van der Waals surface area contributed by atoms with Gasteiger partial charge in [-0.2, -0.15) is 138 Å². The zero-order chi connectivity index (χ0) is 60.5. The van der Waals surface area contributed by atoms with Crippen LogP contribution in [0.5, 0.6) is 0 Å². The van der Waals surface area contributed by atoms with Crippen molar-refractivity contribution in [2.75, 3.05) is 5.75 Å². The summed E-state index contributed by atoms with van der Waals surface area (Å²) in [4.78, 5) is 0. The summed E-state index contributed by atoms with van der Waals surface area (Å²) in [6.07, 6.45) is -53.3. The van der Waals surface area contributed by atoms with E-state index in [0.717, 1.165) is 11.1 Å². The highest BCUT2D eigenvalue weighted by Crippen LogP contribution is 2.41. The van der Waals surface area contributed by atoms with Crippen LogP contribution in [0.3, 0.4) is 0 Å². The van der Waals surface area contributed by atoms with E-state index in [2.05, 4.69) is 0 Å². The normalized spacial score (nSPS) is 13.2. The molecule has 0 saturated carbocycles. The van der Waals surface area contributed by atoms with Crippen molar-refractivity contribution in [1.82, 2.24) is 0 Å². The molecule has 0 N–H and O–H groups in total. The lowest BCUT2D eigenvalue weighted by atomic mass is 9.12. The molecule has 0 atom stereocenters. The Morgan fingerprint density at radius 1 is 0.362 bits per heavy atom. The topological polar surface area (TPSA) is 64.7 Å². The molecule has 29 heteroatoms. The molecule has 426 valence electrons. The van der Waals surface area contributed by atoms with Crippen molar-refractivity contribution in [2.24, 2.45) is 0 Å². The van der Waals surface area contributed by atoms with Crippen LogP contribution < -0.4 is 21.9 Å². The van der Waals surface area contributed by atoms with Crippen molar-refractivity contribution in [3.05, 3.63) is 201 Å².